The number of carbonyl (C=O) groups is 2. The van der Waals surface area contributed by atoms with Crippen molar-refractivity contribution < 1.29 is 18.0 Å². The van der Waals surface area contributed by atoms with Crippen molar-refractivity contribution in [3.8, 4) is 22.5 Å². The SMILES string of the molecule is CCC(Sc1nc(-c2ccccc2)c(-c2ccccc2)[nH]1)C(=O)Nc1ccc(S(=O)(=O)NC(C)=O)cc1. The van der Waals surface area contributed by atoms with Crippen LogP contribution in [0.4, 0.5) is 5.69 Å². The van der Waals surface area contributed by atoms with Gasteiger partial charge in [-0.05, 0) is 30.7 Å². The fourth-order valence-electron chi connectivity index (χ4n) is 3.67. The van der Waals surface area contributed by atoms with Crippen LogP contribution < -0.4 is 10.0 Å². The number of nitrogens with zero attached hydrogens (tertiary/aromatic N) is 1. The molecular weight excluding hydrogens is 508 g/mol. The summed E-state index contributed by atoms with van der Waals surface area (Å²) in [7, 11) is -3.94. The minimum atomic E-state index is -3.94. The van der Waals surface area contributed by atoms with Gasteiger partial charge in [0.1, 0.15) is 0 Å². The number of thioether (sulfide) groups is 1. The van der Waals surface area contributed by atoms with Crippen molar-refractivity contribution in [2.75, 3.05) is 5.32 Å². The molecular formula is C27H26N4O4S2. The largest absolute Gasteiger partial charge is 0.332 e. The third-order valence-corrected chi connectivity index (χ3v) is 8.12. The molecule has 190 valence electrons. The highest BCUT2D eigenvalue weighted by Gasteiger charge is 2.23. The molecule has 0 saturated carbocycles. The Morgan fingerprint density at radius 2 is 1.51 bits per heavy atom. The molecule has 1 unspecified atom stereocenters. The van der Waals surface area contributed by atoms with Gasteiger partial charge in [0.05, 0.1) is 21.5 Å². The first kappa shape index (κ1) is 26.2. The lowest BCUT2D eigenvalue weighted by atomic mass is 10.1. The highest BCUT2D eigenvalue weighted by Crippen LogP contribution is 2.34. The highest BCUT2D eigenvalue weighted by atomic mass is 32.2. The zero-order chi connectivity index (χ0) is 26.4. The van der Waals surface area contributed by atoms with E-state index in [0.29, 0.717) is 17.3 Å². The fraction of sp³-hybridized carbons (Fsp3) is 0.148. The van der Waals surface area contributed by atoms with E-state index >= 15 is 0 Å². The Balaban J connectivity index is 1.53. The Hall–Kier alpha value is -3.89. The van der Waals surface area contributed by atoms with Gasteiger partial charge in [-0.25, -0.2) is 18.1 Å². The minimum Gasteiger partial charge on any atom is -0.332 e. The van der Waals surface area contributed by atoms with Gasteiger partial charge in [0.2, 0.25) is 11.8 Å². The predicted molar refractivity (Wildman–Crippen MR) is 145 cm³/mol. The second kappa shape index (κ2) is 11.4. The first-order valence-electron chi connectivity index (χ1n) is 11.6. The van der Waals surface area contributed by atoms with E-state index in [-0.39, 0.29) is 10.8 Å². The molecule has 0 bridgehead atoms. The lowest BCUT2D eigenvalue weighted by molar-refractivity contribution is -0.117. The molecule has 2 amide bonds. The zero-order valence-electron chi connectivity index (χ0n) is 20.3. The maximum Gasteiger partial charge on any atom is 0.264 e. The van der Waals surface area contributed by atoms with Crippen molar-refractivity contribution in [3.63, 3.8) is 0 Å². The Bertz CT molecular complexity index is 1430. The number of hydrogen-bond acceptors (Lipinski definition) is 6. The summed E-state index contributed by atoms with van der Waals surface area (Å²) in [6, 6.07) is 25.4. The Labute approximate surface area is 220 Å². The van der Waals surface area contributed by atoms with Crippen LogP contribution in [0.25, 0.3) is 22.5 Å². The van der Waals surface area contributed by atoms with Crippen LogP contribution >= 0.6 is 11.8 Å². The molecule has 8 nitrogen and oxygen atoms in total. The molecule has 0 spiro atoms. The average molecular weight is 535 g/mol. The molecule has 0 saturated heterocycles. The molecule has 1 atom stereocenters. The van der Waals surface area contributed by atoms with Crippen molar-refractivity contribution in [3.05, 3.63) is 84.9 Å². The molecule has 4 aromatic rings. The minimum absolute atomic E-state index is 0.0698. The number of benzene rings is 3. The number of rotatable bonds is 9. The van der Waals surface area contributed by atoms with Gasteiger partial charge in [-0.1, -0.05) is 79.3 Å². The third-order valence-electron chi connectivity index (χ3n) is 5.42. The first-order chi connectivity index (χ1) is 17.8. The number of sulfonamides is 1. The molecule has 1 heterocycles. The van der Waals surface area contributed by atoms with Crippen LogP contribution in [0.5, 0.6) is 0 Å². The van der Waals surface area contributed by atoms with E-state index in [9.17, 15) is 18.0 Å². The highest BCUT2D eigenvalue weighted by molar-refractivity contribution is 8.00. The lowest BCUT2D eigenvalue weighted by Crippen LogP contribution is -2.28. The molecule has 3 aromatic carbocycles. The smallest absolute Gasteiger partial charge is 0.264 e. The van der Waals surface area contributed by atoms with Gasteiger partial charge in [0.25, 0.3) is 10.0 Å². The second-order valence-corrected chi connectivity index (χ2v) is 11.1. The molecule has 0 aliphatic carbocycles. The Morgan fingerprint density at radius 1 is 0.919 bits per heavy atom. The summed E-state index contributed by atoms with van der Waals surface area (Å²) in [4.78, 5) is 32.3. The topological polar surface area (TPSA) is 121 Å². The number of amides is 2. The number of anilines is 1. The number of imidazole rings is 1. The summed E-state index contributed by atoms with van der Waals surface area (Å²) in [5.74, 6) is -0.909. The molecule has 37 heavy (non-hydrogen) atoms. The molecule has 0 radical (unpaired) electrons. The number of aromatic nitrogens is 2. The molecule has 1 aromatic heterocycles. The summed E-state index contributed by atoms with van der Waals surface area (Å²) in [5, 5.41) is 3.01. The van der Waals surface area contributed by atoms with E-state index in [1.807, 2.05) is 72.3 Å². The summed E-state index contributed by atoms with van der Waals surface area (Å²) in [6.45, 7) is 3.04. The number of nitrogens with one attached hydrogen (secondary N) is 3. The van der Waals surface area contributed by atoms with Gasteiger partial charge in [-0.15, -0.1) is 0 Å². The van der Waals surface area contributed by atoms with E-state index in [1.165, 1.54) is 36.0 Å². The van der Waals surface area contributed by atoms with Crippen LogP contribution in [-0.4, -0.2) is 35.5 Å². The van der Waals surface area contributed by atoms with Gasteiger partial charge in [0, 0.05) is 23.7 Å². The molecule has 10 heteroatoms. The van der Waals surface area contributed by atoms with Crippen LogP contribution in [0, 0.1) is 0 Å². The standard InChI is InChI=1S/C27H26N4O4S2/c1-3-23(26(33)28-21-14-16-22(17-15-21)37(34,35)31-18(2)32)36-27-29-24(19-10-6-4-7-11-19)25(30-27)20-12-8-5-9-13-20/h4-17,23H,3H2,1-2H3,(H,28,33)(H,29,30)(H,31,32). The van der Waals surface area contributed by atoms with E-state index in [4.69, 9.17) is 4.98 Å². The van der Waals surface area contributed by atoms with Crippen molar-refractivity contribution in [1.29, 1.82) is 0 Å². The van der Waals surface area contributed by atoms with Gasteiger partial charge in [0.15, 0.2) is 5.16 Å². The van der Waals surface area contributed by atoms with Crippen LogP contribution in [0.1, 0.15) is 20.3 Å². The quantitative estimate of drug-likeness (QED) is 0.258. The number of H-pyrrole nitrogens is 1. The number of aromatic amines is 1. The maximum atomic E-state index is 13.1. The van der Waals surface area contributed by atoms with E-state index in [2.05, 4.69) is 10.3 Å². The average Bonchev–Trinajstić information content (AvgIpc) is 3.32. The first-order valence-corrected chi connectivity index (χ1v) is 13.9. The normalized spacial score (nSPS) is 12.1. The van der Waals surface area contributed by atoms with Gasteiger partial charge >= 0.3 is 0 Å². The summed E-state index contributed by atoms with van der Waals surface area (Å²) >= 11 is 1.33. The van der Waals surface area contributed by atoms with Gasteiger partial charge in [-0.2, -0.15) is 0 Å². The predicted octanol–water partition coefficient (Wildman–Crippen LogP) is 5.08. The van der Waals surface area contributed by atoms with Crippen molar-refractivity contribution in [1.82, 2.24) is 14.7 Å². The van der Waals surface area contributed by atoms with Crippen LogP contribution in [0.3, 0.4) is 0 Å². The summed E-state index contributed by atoms with van der Waals surface area (Å²) < 4.78 is 26.2. The molecule has 0 aliphatic heterocycles. The van der Waals surface area contributed by atoms with Crippen molar-refractivity contribution >= 4 is 39.3 Å². The fourth-order valence-corrected chi connectivity index (χ4v) is 5.57. The van der Waals surface area contributed by atoms with E-state index in [0.717, 1.165) is 29.4 Å². The number of carbonyl (C=O) groups excluding carboxylic acids is 2. The maximum absolute atomic E-state index is 13.1. The van der Waals surface area contributed by atoms with Crippen molar-refractivity contribution in [2.45, 2.75) is 35.6 Å². The molecule has 0 aliphatic rings. The number of hydrogen-bond donors (Lipinski definition) is 3. The Morgan fingerprint density at radius 3 is 2.08 bits per heavy atom. The van der Waals surface area contributed by atoms with E-state index < -0.39 is 21.2 Å². The molecule has 0 fully saturated rings. The molecule has 3 N–H and O–H groups in total. The second-order valence-electron chi connectivity index (χ2n) is 8.19. The van der Waals surface area contributed by atoms with Crippen LogP contribution in [0.2, 0.25) is 0 Å². The van der Waals surface area contributed by atoms with E-state index in [1.54, 1.807) is 0 Å². The summed E-state index contributed by atoms with van der Waals surface area (Å²) in [6.07, 6.45) is 0.549. The van der Waals surface area contributed by atoms with Crippen molar-refractivity contribution in [2.24, 2.45) is 0 Å². The Kier molecular flexibility index (Phi) is 8.10. The third kappa shape index (κ3) is 6.46. The van der Waals surface area contributed by atoms with Gasteiger partial charge < -0.3 is 10.3 Å². The lowest BCUT2D eigenvalue weighted by Gasteiger charge is -2.14. The zero-order valence-corrected chi connectivity index (χ0v) is 21.9. The van der Waals surface area contributed by atoms with Crippen LogP contribution in [0.15, 0.2) is 95.0 Å². The summed E-state index contributed by atoms with van der Waals surface area (Å²) in [5.41, 5.74) is 4.09. The molecule has 4 rings (SSSR count). The monoisotopic (exact) mass is 534 g/mol. The van der Waals surface area contributed by atoms with Crippen LogP contribution in [-0.2, 0) is 19.6 Å². The van der Waals surface area contributed by atoms with Gasteiger partial charge in [-0.3, -0.25) is 9.59 Å².